The summed E-state index contributed by atoms with van der Waals surface area (Å²) in [5.41, 5.74) is -0.450. The van der Waals surface area contributed by atoms with Crippen molar-refractivity contribution in [2.45, 2.75) is 6.92 Å². The maximum Gasteiger partial charge on any atom is 0.349 e. The van der Waals surface area contributed by atoms with Crippen LogP contribution in [0.1, 0.15) is 12.5 Å². The van der Waals surface area contributed by atoms with E-state index in [1.165, 1.54) is 36.5 Å². The third-order valence-electron chi connectivity index (χ3n) is 4.93. The molecule has 4 rings (SSSR count). The predicted molar refractivity (Wildman–Crippen MR) is 135 cm³/mol. The van der Waals surface area contributed by atoms with Gasteiger partial charge in [-0.1, -0.05) is 35.9 Å². The topological polar surface area (TPSA) is 115 Å². The van der Waals surface area contributed by atoms with Crippen LogP contribution in [0.5, 0.6) is 11.5 Å². The number of rotatable bonds is 8. The molecule has 0 atom stereocenters. The van der Waals surface area contributed by atoms with Gasteiger partial charge in [-0.2, -0.15) is 5.10 Å². The number of nitrogens with one attached hydrogen (secondary N) is 2. The van der Waals surface area contributed by atoms with Gasteiger partial charge in [0.1, 0.15) is 5.82 Å². The summed E-state index contributed by atoms with van der Waals surface area (Å²) in [5.74, 6) is -0.865. The number of carbonyl (C=O) groups is 1. The standard InChI is InChI=1S/C25H20ClFN4O5/c1-2-35-21-12-15(13-28-31-24(33)16-7-3-5-9-19(16)30-25(31)34)11-17(26)23(21)36-14-22(32)29-20-10-6-4-8-18(20)27/h3-13H,2,14H2,1H3,(H,29,32)(H,30,34). The van der Waals surface area contributed by atoms with Gasteiger partial charge in [0.2, 0.25) is 0 Å². The monoisotopic (exact) mass is 510 g/mol. The van der Waals surface area contributed by atoms with Crippen molar-refractivity contribution in [3.63, 3.8) is 0 Å². The van der Waals surface area contributed by atoms with Gasteiger partial charge in [0.05, 0.1) is 34.4 Å². The predicted octanol–water partition coefficient (Wildman–Crippen LogP) is 3.78. The molecule has 2 N–H and O–H groups in total. The van der Waals surface area contributed by atoms with E-state index in [0.717, 1.165) is 0 Å². The highest BCUT2D eigenvalue weighted by Crippen LogP contribution is 2.36. The Kier molecular flexibility index (Phi) is 7.45. The number of nitrogens with zero attached hydrogens (tertiary/aromatic N) is 2. The molecule has 4 aromatic rings. The van der Waals surface area contributed by atoms with Crippen LogP contribution in [0.4, 0.5) is 10.1 Å². The maximum absolute atomic E-state index is 13.8. The van der Waals surface area contributed by atoms with Gasteiger partial charge in [-0.25, -0.2) is 9.18 Å². The van der Waals surface area contributed by atoms with E-state index in [4.69, 9.17) is 21.1 Å². The molecule has 0 aliphatic heterocycles. The molecule has 3 aromatic carbocycles. The Morgan fingerprint density at radius 3 is 2.67 bits per heavy atom. The normalized spacial score (nSPS) is 11.1. The van der Waals surface area contributed by atoms with Crippen molar-refractivity contribution < 1.29 is 18.7 Å². The summed E-state index contributed by atoms with van der Waals surface area (Å²) in [5, 5.41) is 6.83. The second-order valence-corrected chi connectivity index (χ2v) is 7.82. The molecule has 184 valence electrons. The molecule has 0 aliphatic carbocycles. The van der Waals surface area contributed by atoms with Crippen LogP contribution in [0.3, 0.4) is 0 Å². The van der Waals surface area contributed by atoms with E-state index in [1.54, 1.807) is 37.3 Å². The first-order valence-corrected chi connectivity index (χ1v) is 11.2. The second-order valence-electron chi connectivity index (χ2n) is 7.42. The molecule has 0 saturated heterocycles. The highest BCUT2D eigenvalue weighted by molar-refractivity contribution is 6.32. The van der Waals surface area contributed by atoms with Crippen molar-refractivity contribution >= 4 is 40.3 Å². The summed E-state index contributed by atoms with van der Waals surface area (Å²) in [6.07, 6.45) is 1.27. The van der Waals surface area contributed by atoms with E-state index in [-0.39, 0.29) is 28.8 Å². The lowest BCUT2D eigenvalue weighted by molar-refractivity contribution is -0.118. The average Bonchev–Trinajstić information content (AvgIpc) is 2.85. The number of hydrogen-bond donors (Lipinski definition) is 2. The van der Waals surface area contributed by atoms with Crippen LogP contribution in [0.2, 0.25) is 5.02 Å². The number of amides is 1. The zero-order valence-electron chi connectivity index (χ0n) is 19.0. The molecule has 11 heteroatoms. The number of carbonyl (C=O) groups excluding carboxylic acids is 1. The highest BCUT2D eigenvalue weighted by Gasteiger charge is 2.15. The molecule has 1 heterocycles. The lowest BCUT2D eigenvalue weighted by atomic mass is 10.2. The number of ether oxygens (including phenoxy) is 2. The molecule has 9 nitrogen and oxygen atoms in total. The molecule has 1 aromatic heterocycles. The Balaban J connectivity index is 1.57. The van der Waals surface area contributed by atoms with Gasteiger partial charge in [0.15, 0.2) is 18.1 Å². The van der Waals surface area contributed by atoms with E-state index in [2.05, 4.69) is 15.4 Å². The molecule has 36 heavy (non-hydrogen) atoms. The number of benzene rings is 3. The molecule has 1 amide bonds. The molecular formula is C25H20ClFN4O5. The number of anilines is 1. The van der Waals surface area contributed by atoms with Gasteiger partial charge in [-0.3, -0.25) is 9.59 Å². The first-order valence-electron chi connectivity index (χ1n) is 10.8. The molecule has 0 fully saturated rings. The van der Waals surface area contributed by atoms with E-state index in [1.807, 2.05) is 0 Å². The number of fused-ring (bicyclic) bond motifs is 1. The molecule has 0 bridgehead atoms. The zero-order valence-corrected chi connectivity index (χ0v) is 19.7. The van der Waals surface area contributed by atoms with Crippen LogP contribution in [0.15, 0.2) is 75.4 Å². The molecule has 0 radical (unpaired) electrons. The second kappa shape index (κ2) is 10.9. The summed E-state index contributed by atoms with van der Waals surface area (Å²) in [6.45, 7) is 1.56. The number of aromatic nitrogens is 2. The van der Waals surface area contributed by atoms with Crippen molar-refractivity contribution in [1.29, 1.82) is 0 Å². The average molecular weight is 511 g/mol. The summed E-state index contributed by atoms with van der Waals surface area (Å²) in [7, 11) is 0. The minimum atomic E-state index is -0.702. The first-order chi connectivity index (χ1) is 17.4. The van der Waals surface area contributed by atoms with Crippen LogP contribution in [-0.2, 0) is 4.79 Å². The Bertz CT molecular complexity index is 1580. The summed E-state index contributed by atoms with van der Waals surface area (Å²) >= 11 is 6.37. The molecular weight excluding hydrogens is 491 g/mol. The van der Waals surface area contributed by atoms with Crippen LogP contribution < -0.4 is 26.0 Å². The highest BCUT2D eigenvalue weighted by atomic mass is 35.5. The Hall–Kier alpha value is -4.44. The van der Waals surface area contributed by atoms with Crippen molar-refractivity contribution in [3.8, 4) is 11.5 Å². The number of hydrogen-bond acceptors (Lipinski definition) is 6. The third kappa shape index (κ3) is 5.44. The zero-order chi connectivity index (χ0) is 25.7. The minimum absolute atomic E-state index is 0.0210. The SMILES string of the molecule is CCOc1cc(C=Nn2c(=O)[nH]c3ccccc3c2=O)cc(Cl)c1OCC(=O)Nc1ccccc1F. The fourth-order valence-electron chi connectivity index (χ4n) is 3.33. The van der Waals surface area contributed by atoms with Crippen LogP contribution in [-0.4, -0.2) is 35.0 Å². The minimum Gasteiger partial charge on any atom is -0.490 e. The molecule has 0 saturated carbocycles. The Morgan fingerprint density at radius 1 is 1.14 bits per heavy atom. The fourth-order valence-corrected chi connectivity index (χ4v) is 3.61. The number of aromatic amines is 1. The number of H-pyrrole nitrogens is 1. The lowest BCUT2D eigenvalue weighted by Crippen LogP contribution is -2.32. The van der Waals surface area contributed by atoms with E-state index >= 15 is 0 Å². The lowest BCUT2D eigenvalue weighted by Gasteiger charge is -2.14. The number of halogens is 2. The first kappa shape index (κ1) is 24.7. The van der Waals surface area contributed by atoms with E-state index in [9.17, 15) is 18.8 Å². The van der Waals surface area contributed by atoms with Gasteiger partial charge in [-0.15, -0.1) is 4.68 Å². The summed E-state index contributed by atoms with van der Waals surface area (Å²) < 4.78 is 25.6. The Morgan fingerprint density at radius 2 is 1.89 bits per heavy atom. The number of para-hydroxylation sites is 2. The van der Waals surface area contributed by atoms with Crippen LogP contribution >= 0.6 is 11.6 Å². The maximum atomic E-state index is 13.8. The van der Waals surface area contributed by atoms with Crippen molar-refractivity contribution in [3.05, 3.63) is 97.9 Å². The molecule has 0 spiro atoms. The van der Waals surface area contributed by atoms with Crippen molar-refractivity contribution in [2.75, 3.05) is 18.5 Å². The van der Waals surface area contributed by atoms with Crippen molar-refractivity contribution in [1.82, 2.24) is 9.66 Å². The Labute approximate surface area is 208 Å². The smallest absolute Gasteiger partial charge is 0.349 e. The third-order valence-corrected chi connectivity index (χ3v) is 5.21. The van der Waals surface area contributed by atoms with Gasteiger partial charge in [-0.05, 0) is 48.9 Å². The van der Waals surface area contributed by atoms with Gasteiger partial charge in [0.25, 0.3) is 11.5 Å². The summed E-state index contributed by atoms with van der Waals surface area (Å²) in [6, 6.07) is 15.3. The van der Waals surface area contributed by atoms with E-state index < -0.39 is 29.6 Å². The van der Waals surface area contributed by atoms with Crippen LogP contribution in [0.25, 0.3) is 10.9 Å². The van der Waals surface area contributed by atoms with Gasteiger partial charge in [0, 0.05) is 0 Å². The fraction of sp³-hybridized carbons (Fsp3) is 0.120. The molecule has 0 unspecified atom stereocenters. The van der Waals surface area contributed by atoms with Crippen LogP contribution in [0, 0.1) is 5.82 Å². The van der Waals surface area contributed by atoms with Crippen molar-refractivity contribution in [2.24, 2.45) is 5.10 Å². The van der Waals surface area contributed by atoms with E-state index in [0.29, 0.717) is 21.1 Å². The summed E-state index contributed by atoms with van der Waals surface area (Å²) in [4.78, 5) is 39.8. The molecule has 0 aliphatic rings. The van der Waals surface area contributed by atoms with Gasteiger partial charge < -0.3 is 19.8 Å². The van der Waals surface area contributed by atoms with Gasteiger partial charge >= 0.3 is 5.69 Å². The quantitative estimate of drug-likeness (QED) is 0.350. The largest absolute Gasteiger partial charge is 0.490 e.